The Balaban J connectivity index is 1.58. The van der Waals surface area contributed by atoms with E-state index in [9.17, 15) is 9.59 Å². The van der Waals surface area contributed by atoms with Gasteiger partial charge in [0, 0.05) is 5.56 Å². The van der Waals surface area contributed by atoms with Crippen LogP contribution in [0.25, 0.3) is 11.4 Å². The molecule has 2 aromatic carbocycles. The van der Waals surface area contributed by atoms with E-state index >= 15 is 0 Å². The zero-order valence-electron chi connectivity index (χ0n) is 16.3. The summed E-state index contributed by atoms with van der Waals surface area (Å²) in [4.78, 5) is 32.0. The lowest BCUT2D eigenvalue weighted by Gasteiger charge is -2.42. The first-order valence-corrected chi connectivity index (χ1v) is 10.1. The van der Waals surface area contributed by atoms with Crippen molar-refractivity contribution in [1.82, 2.24) is 15.2 Å². The number of H-pyrrole nitrogens is 1. The molecule has 29 heavy (non-hydrogen) atoms. The second-order valence-electron chi connectivity index (χ2n) is 7.30. The van der Waals surface area contributed by atoms with E-state index < -0.39 is 10.8 Å². The molecule has 2 heterocycles. The number of amides is 2. The number of aromatic amines is 1. The Morgan fingerprint density at radius 3 is 2.55 bits per heavy atom. The monoisotopic (exact) mass is 407 g/mol. The molecule has 1 aliphatic rings. The predicted molar refractivity (Wildman–Crippen MR) is 114 cm³/mol. The van der Waals surface area contributed by atoms with Gasteiger partial charge in [-0.3, -0.25) is 19.6 Å². The number of carbonyl (C=O) groups is 2. The SMILES string of the molecule is C[C@@H](Sc1n[nH]c(-c2ccccc2)n1)C(=O)N1c2ccccc2NC(=O)C1(C)C. The molecule has 1 aliphatic heterocycles. The van der Waals surface area contributed by atoms with Gasteiger partial charge in [-0.2, -0.15) is 0 Å². The van der Waals surface area contributed by atoms with Crippen LogP contribution in [0.4, 0.5) is 11.4 Å². The standard InChI is InChI=1S/C21H21N5O2S/c1-13(29-20-23-17(24-25-20)14-9-5-4-6-10-14)18(27)26-16-12-8-7-11-15(16)22-19(28)21(26,2)3/h4-13H,1-3H3,(H,22,28)(H,23,24,25)/t13-/m1/s1. The van der Waals surface area contributed by atoms with Crippen molar-refractivity contribution in [1.29, 1.82) is 0 Å². The van der Waals surface area contributed by atoms with Gasteiger partial charge in [-0.1, -0.05) is 54.2 Å². The van der Waals surface area contributed by atoms with Crippen LogP contribution >= 0.6 is 11.8 Å². The van der Waals surface area contributed by atoms with Gasteiger partial charge in [0.05, 0.1) is 16.6 Å². The number of nitrogens with zero attached hydrogens (tertiary/aromatic N) is 3. The lowest BCUT2D eigenvalue weighted by Crippen LogP contribution is -2.60. The molecular formula is C21H21N5O2S. The zero-order chi connectivity index (χ0) is 20.6. The Hall–Kier alpha value is -3.13. The number of nitrogens with one attached hydrogen (secondary N) is 2. The molecule has 0 unspecified atom stereocenters. The number of para-hydroxylation sites is 2. The second kappa shape index (κ2) is 7.36. The minimum absolute atomic E-state index is 0.173. The summed E-state index contributed by atoms with van der Waals surface area (Å²) in [5.74, 6) is 0.259. The van der Waals surface area contributed by atoms with Crippen molar-refractivity contribution >= 4 is 35.0 Å². The molecule has 4 rings (SSSR count). The number of benzene rings is 2. The summed E-state index contributed by atoms with van der Waals surface area (Å²) in [6.45, 7) is 5.29. The van der Waals surface area contributed by atoms with Crippen LogP contribution < -0.4 is 10.2 Å². The fourth-order valence-electron chi connectivity index (χ4n) is 3.26. The Morgan fingerprint density at radius 2 is 1.79 bits per heavy atom. The van der Waals surface area contributed by atoms with E-state index in [0.29, 0.717) is 22.4 Å². The second-order valence-corrected chi connectivity index (χ2v) is 8.60. The quantitative estimate of drug-likeness (QED) is 0.643. The van der Waals surface area contributed by atoms with Crippen molar-refractivity contribution in [3.63, 3.8) is 0 Å². The number of rotatable bonds is 4. The average molecular weight is 407 g/mol. The molecule has 0 saturated carbocycles. The van der Waals surface area contributed by atoms with Crippen molar-refractivity contribution in [2.75, 3.05) is 10.2 Å². The number of fused-ring (bicyclic) bond motifs is 1. The van der Waals surface area contributed by atoms with Gasteiger partial charge >= 0.3 is 0 Å². The number of hydrogen-bond acceptors (Lipinski definition) is 5. The van der Waals surface area contributed by atoms with Gasteiger partial charge in [0.1, 0.15) is 5.54 Å². The number of anilines is 2. The van der Waals surface area contributed by atoms with E-state index in [0.717, 1.165) is 5.56 Å². The largest absolute Gasteiger partial charge is 0.322 e. The molecule has 2 amide bonds. The molecular weight excluding hydrogens is 386 g/mol. The van der Waals surface area contributed by atoms with Crippen LogP contribution in [0, 0.1) is 0 Å². The van der Waals surface area contributed by atoms with Crippen molar-refractivity contribution in [3.05, 3.63) is 54.6 Å². The molecule has 0 spiro atoms. The lowest BCUT2D eigenvalue weighted by atomic mass is 9.96. The lowest BCUT2D eigenvalue weighted by molar-refractivity contribution is -0.126. The molecule has 148 valence electrons. The van der Waals surface area contributed by atoms with Crippen LogP contribution in [-0.4, -0.2) is 37.8 Å². The molecule has 1 aromatic heterocycles. The minimum atomic E-state index is -1.01. The van der Waals surface area contributed by atoms with Gasteiger partial charge in [0.25, 0.3) is 0 Å². The van der Waals surface area contributed by atoms with Crippen LogP contribution in [0.15, 0.2) is 59.8 Å². The molecule has 0 saturated heterocycles. The highest BCUT2D eigenvalue weighted by Gasteiger charge is 2.44. The van der Waals surface area contributed by atoms with Crippen molar-refractivity contribution < 1.29 is 9.59 Å². The third kappa shape index (κ3) is 3.51. The summed E-state index contributed by atoms with van der Waals surface area (Å²) in [7, 11) is 0. The van der Waals surface area contributed by atoms with Crippen LogP contribution in [0.2, 0.25) is 0 Å². The molecule has 0 aliphatic carbocycles. The first-order chi connectivity index (χ1) is 13.9. The van der Waals surface area contributed by atoms with Crippen molar-refractivity contribution in [2.24, 2.45) is 0 Å². The number of aromatic nitrogens is 3. The molecule has 8 heteroatoms. The van der Waals surface area contributed by atoms with Gasteiger partial charge in [0.15, 0.2) is 5.82 Å². The van der Waals surface area contributed by atoms with Gasteiger partial charge in [0.2, 0.25) is 17.0 Å². The van der Waals surface area contributed by atoms with E-state index in [1.165, 1.54) is 11.8 Å². The maximum absolute atomic E-state index is 13.4. The maximum atomic E-state index is 13.4. The maximum Gasteiger partial charge on any atom is 0.250 e. The molecule has 0 bridgehead atoms. The van der Waals surface area contributed by atoms with Crippen LogP contribution in [0.1, 0.15) is 20.8 Å². The summed E-state index contributed by atoms with van der Waals surface area (Å²) in [6, 6.07) is 17.0. The van der Waals surface area contributed by atoms with Gasteiger partial charge < -0.3 is 5.32 Å². The summed E-state index contributed by atoms with van der Waals surface area (Å²) in [5.41, 5.74) is 1.24. The normalized spacial score (nSPS) is 16.1. The highest BCUT2D eigenvalue weighted by molar-refractivity contribution is 8.00. The zero-order valence-corrected chi connectivity index (χ0v) is 17.2. The average Bonchev–Trinajstić information content (AvgIpc) is 3.17. The van der Waals surface area contributed by atoms with Gasteiger partial charge in [-0.05, 0) is 32.9 Å². The molecule has 0 radical (unpaired) electrons. The summed E-state index contributed by atoms with van der Waals surface area (Å²) in [5, 5.41) is 10.0. The predicted octanol–water partition coefficient (Wildman–Crippen LogP) is 3.72. The fourth-order valence-corrected chi connectivity index (χ4v) is 4.03. The molecule has 1 atom stereocenters. The Morgan fingerprint density at radius 1 is 1.10 bits per heavy atom. The van der Waals surface area contributed by atoms with Gasteiger partial charge in [-0.15, -0.1) is 5.10 Å². The summed E-state index contributed by atoms with van der Waals surface area (Å²) < 4.78 is 0. The van der Waals surface area contributed by atoms with Crippen LogP contribution in [0.5, 0.6) is 0 Å². The number of hydrogen-bond donors (Lipinski definition) is 2. The molecule has 7 nitrogen and oxygen atoms in total. The third-order valence-electron chi connectivity index (χ3n) is 4.87. The van der Waals surface area contributed by atoms with Gasteiger partial charge in [-0.25, -0.2) is 4.98 Å². The Labute approximate surface area is 172 Å². The Kier molecular flexibility index (Phi) is 4.87. The number of carbonyl (C=O) groups excluding carboxylic acids is 2. The topological polar surface area (TPSA) is 91.0 Å². The summed E-state index contributed by atoms with van der Waals surface area (Å²) >= 11 is 1.26. The van der Waals surface area contributed by atoms with E-state index in [1.807, 2.05) is 48.5 Å². The first-order valence-electron chi connectivity index (χ1n) is 9.27. The van der Waals surface area contributed by atoms with Crippen LogP contribution in [0.3, 0.4) is 0 Å². The summed E-state index contributed by atoms with van der Waals surface area (Å²) in [6.07, 6.45) is 0. The van der Waals surface area contributed by atoms with Crippen LogP contribution in [-0.2, 0) is 9.59 Å². The highest BCUT2D eigenvalue weighted by atomic mass is 32.2. The fraction of sp³-hybridized carbons (Fsp3) is 0.238. The minimum Gasteiger partial charge on any atom is -0.322 e. The molecule has 0 fully saturated rings. The van der Waals surface area contributed by atoms with Crippen molar-refractivity contribution in [3.8, 4) is 11.4 Å². The van der Waals surface area contributed by atoms with E-state index in [-0.39, 0.29) is 11.8 Å². The van der Waals surface area contributed by atoms with E-state index in [1.54, 1.807) is 31.7 Å². The number of thioether (sulfide) groups is 1. The van der Waals surface area contributed by atoms with E-state index in [4.69, 9.17) is 0 Å². The Bertz CT molecular complexity index is 1060. The third-order valence-corrected chi connectivity index (χ3v) is 5.82. The smallest absolute Gasteiger partial charge is 0.250 e. The molecule has 3 aromatic rings. The highest BCUT2D eigenvalue weighted by Crippen LogP contribution is 2.38. The first kappa shape index (κ1) is 19.2. The van der Waals surface area contributed by atoms with Crippen molar-refractivity contribution in [2.45, 2.75) is 36.7 Å². The van der Waals surface area contributed by atoms with E-state index in [2.05, 4.69) is 20.5 Å². The molecule has 2 N–H and O–H groups in total.